The zero-order valence-electron chi connectivity index (χ0n) is 22.2. The van der Waals surface area contributed by atoms with Gasteiger partial charge in [-0.1, -0.05) is 18.2 Å². The molecule has 4 N–H and O–H groups in total. The minimum Gasteiger partial charge on any atom is -0.462 e. The number of carbonyl (C=O) groups excluding carboxylic acids is 1. The highest BCUT2D eigenvalue weighted by molar-refractivity contribution is 7.86. The number of ether oxygens (including phenoxy) is 1. The van der Waals surface area contributed by atoms with Crippen LogP contribution in [0.15, 0.2) is 59.6 Å². The van der Waals surface area contributed by atoms with E-state index < -0.39 is 64.7 Å². The molecule has 0 amide bonds. The van der Waals surface area contributed by atoms with Crippen molar-refractivity contribution in [2.75, 3.05) is 30.0 Å². The fourth-order valence-electron chi connectivity index (χ4n) is 4.56. The highest BCUT2D eigenvalue weighted by atomic mass is 32.2. The summed E-state index contributed by atoms with van der Waals surface area (Å²) in [5, 5.41) is 3.10. The molecule has 13 nitrogen and oxygen atoms in total. The third kappa shape index (κ3) is 8.67. The van der Waals surface area contributed by atoms with Gasteiger partial charge in [-0.2, -0.15) is 29.8 Å². The molecule has 2 aromatic carbocycles. The maximum absolute atomic E-state index is 13.2. The normalized spacial score (nSPS) is 15.2. The van der Waals surface area contributed by atoms with Crippen molar-refractivity contribution in [1.29, 1.82) is 0 Å². The molecule has 0 radical (unpaired) electrons. The van der Waals surface area contributed by atoms with Gasteiger partial charge < -0.3 is 10.1 Å². The molecule has 41 heavy (non-hydrogen) atoms. The Morgan fingerprint density at radius 1 is 0.951 bits per heavy atom. The molecule has 0 fully saturated rings. The second-order valence-corrected chi connectivity index (χ2v) is 14.3. The number of esters is 1. The molecule has 0 aromatic heterocycles. The maximum atomic E-state index is 13.2. The van der Waals surface area contributed by atoms with Crippen LogP contribution in [-0.4, -0.2) is 79.8 Å². The summed E-state index contributed by atoms with van der Waals surface area (Å²) in [6, 6.07) is 11.2. The Bertz CT molecular complexity index is 1700. The third-order valence-corrected chi connectivity index (χ3v) is 8.73. The number of para-hydroxylation sites is 1. The van der Waals surface area contributed by atoms with E-state index in [2.05, 4.69) is 5.32 Å². The Balaban J connectivity index is 2.11. The summed E-state index contributed by atoms with van der Waals surface area (Å²) in [6.45, 7) is 3.08. The molecule has 0 saturated heterocycles. The average molecular weight is 632 g/mol. The number of fused-ring (bicyclic) bond motifs is 1. The Kier molecular flexibility index (Phi) is 9.77. The van der Waals surface area contributed by atoms with Crippen LogP contribution in [-0.2, 0) is 40.5 Å². The zero-order chi connectivity index (χ0) is 30.6. The van der Waals surface area contributed by atoms with E-state index in [9.17, 15) is 39.2 Å². The molecule has 0 saturated carbocycles. The number of allylic oxidation sites excluding steroid dienone is 1. The van der Waals surface area contributed by atoms with Gasteiger partial charge in [-0.05, 0) is 38.5 Å². The van der Waals surface area contributed by atoms with Gasteiger partial charge in [0.15, 0.2) is 5.71 Å². The molecule has 0 atom stereocenters. The predicted octanol–water partition coefficient (Wildman–Crippen LogP) is 2.65. The van der Waals surface area contributed by atoms with Gasteiger partial charge in [0.05, 0.1) is 34.7 Å². The molecule has 0 aliphatic carbocycles. The lowest BCUT2D eigenvalue weighted by Crippen LogP contribution is -2.30. The first kappa shape index (κ1) is 32.4. The van der Waals surface area contributed by atoms with Crippen LogP contribution in [0.5, 0.6) is 0 Å². The Labute approximate surface area is 238 Å². The van der Waals surface area contributed by atoms with E-state index in [1.54, 1.807) is 30.7 Å². The molecule has 1 aliphatic rings. The van der Waals surface area contributed by atoms with Crippen molar-refractivity contribution in [3.05, 3.63) is 65.9 Å². The summed E-state index contributed by atoms with van der Waals surface area (Å²) >= 11 is 0. The van der Waals surface area contributed by atoms with Crippen molar-refractivity contribution in [2.24, 2.45) is 0 Å². The third-order valence-electron chi connectivity index (χ3n) is 6.28. The van der Waals surface area contributed by atoms with Gasteiger partial charge in [-0.15, -0.1) is 0 Å². The van der Waals surface area contributed by atoms with Crippen molar-refractivity contribution >= 4 is 53.4 Å². The van der Waals surface area contributed by atoms with E-state index in [-0.39, 0.29) is 30.6 Å². The number of anilines is 1. The monoisotopic (exact) mass is 631 g/mol. The SMILES string of the molecule is CC1(C)C(/C=C/Nc2ccccc2)=[N+](CCCS(=O)(=O)O)c2cc(S(=O)(=O)O)cc(C(=O)OCCCS(=O)(=O)O)c21. The molecular weight excluding hydrogens is 600 g/mol. The lowest BCUT2D eigenvalue weighted by molar-refractivity contribution is -0.437. The topological polar surface area (TPSA) is 204 Å². The molecule has 0 bridgehead atoms. The van der Waals surface area contributed by atoms with Crippen molar-refractivity contribution < 1.29 is 53.0 Å². The van der Waals surface area contributed by atoms with E-state index in [0.717, 1.165) is 17.8 Å². The van der Waals surface area contributed by atoms with Crippen molar-refractivity contribution in [3.63, 3.8) is 0 Å². The summed E-state index contributed by atoms with van der Waals surface area (Å²) in [7, 11) is -13.4. The maximum Gasteiger partial charge on any atom is 0.338 e. The lowest BCUT2D eigenvalue weighted by Gasteiger charge is -2.19. The van der Waals surface area contributed by atoms with Crippen LogP contribution in [0.25, 0.3) is 0 Å². The predicted molar refractivity (Wildman–Crippen MR) is 151 cm³/mol. The van der Waals surface area contributed by atoms with Crippen LogP contribution in [0.3, 0.4) is 0 Å². The molecule has 3 rings (SSSR count). The average Bonchev–Trinajstić information content (AvgIpc) is 3.06. The summed E-state index contributed by atoms with van der Waals surface area (Å²) in [5.41, 5.74) is 0.576. The summed E-state index contributed by atoms with van der Waals surface area (Å²) in [6.07, 6.45) is 3.00. The second-order valence-electron chi connectivity index (χ2n) is 9.76. The number of hydrogen-bond acceptors (Lipinski definition) is 9. The van der Waals surface area contributed by atoms with E-state index in [1.807, 2.05) is 30.3 Å². The van der Waals surface area contributed by atoms with Crippen LogP contribution in [0.1, 0.15) is 42.6 Å². The van der Waals surface area contributed by atoms with Gasteiger partial charge in [-0.3, -0.25) is 13.7 Å². The fourth-order valence-corrected chi connectivity index (χ4v) is 6.06. The second kappa shape index (κ2) is 12.4. The minimum atomic E-state index is -4.82. The van der Waals surface area contributed by atoms with Crippen molar-refractivity contribution in [3.8, 4) is 0 Å². The number of carbonyl (C=O) groups is 1. The molecule has 16 heteroatoms. The first-order valence-electron chi connectivity index (χ1n) is 12.3. The molecule has 224 valence electrons. The van der Waals surface area contributed by atoms with Crippen molar-refractivity contribution in [1.82, 2.24) is 0 Å². The van der Waals surface area contributed by atoms with E-state index in [1.165, 1.54) is 0 Å². The van der Waals surface area contributed by atoms with Gasteiger partial charge in [0.25, 0.3) is 30.4 Å². The number of benzene rings is 2. The number of hydrogen-bond donors (Lipinski definition) is 4. The van der Waals surface area contributed by atoms with Crippen LogP contribution < -0.4 is 5.32 Å². The molecule has 2 aromatic rings. The molecule has 0 unspecified atom stereocenters. The largest absolute Gasteiger partial charge is 0.462 e. The van der Waals surface area contributed by atoms with E-state index in [4.69, 9.17) is 9.29 Å². The molecule has 1 aliphatic heterocycles. The Morgan fingerprint density at radius 3 is 2.15 bits per heavy atom. The summed E-state index contributed by atoms with van der Waals surface area (Å²) < 4.78 is 104. The molecule has 0 spiro atoms. The van der Waals surface area contributed by atoms with Crippen LogP contribution >= 0.6 is 0 Å². The van der Waals surface area contributed by atoms with E-state index in [0.29, 0.717) is 11.3 Å². The van der Waals surface area contributed by atoms with Gasteiger partial charge in [0.1, 0.15) is 11.4 Å². The number of rotatable bonds is 13. The smallest absolute Gasteiger partial charge is 0.338 e. The number of nitrogens with zero attached hydrogens (tertiary/aromatic N) is 1. The summed E-state index contributed by atoms with van der Waals surface area (Å²) in [4.78, 5) is 12.6. The van der Waals surface area contributed by atoms with Gasteiger partial charge in [0, 0.05) is 30.5 Å². The summed E-state index contributed by atoms with van der Waals surface area (Å²) in [5.74, 6) is -2.24. The van der Waals surface area contributed by atoms with Crippen LogP contribution in [0.2, 0.25) is 0 Å². The lowest BCUT2D eigenvalue weighted by atomic mass is 9.79. The first-order valence-corrected chi connectivity index (χ1v) is 16.9. The van der Waals surface area contributed by atoms with Gasteiger partial charge in [-0.25, -0.2) is 4.79 Å². The standard InChI is InChI=1S/C25H30N2O11S3/c1-25(2)22(10-11-26-18-8-4-3-5-9-18)27(12-6-14-39(29,30)31)21-17-19(41(35,36)37)16-20(23(21)25)24(28)38-13-7-15-40(32,33)34/h3-5,8-11,16-17H,6-7,12-15H2,1-2H3,(H3,29,30,31,32,33,34,35,36,37)/p+1. The minimum absolute atomic E-state index is 0.0149. The van der Waals surface area contributed by atoms with Gasteiger partial charge in [0.2, 0.25) is 5.69 Å². The van der Waals surface area contributed by atoms with Gasteiger partial charge >= 0.3 is 5.97 Å². The first-order chi connectivity index (χ1) is 18.9. The van der Waals surface area contributed by atoms with Crippen LogP contribution in [0, 0.1) is 0 Å². The highest BCUT2D eigenvalue weighted by Gasteiger charge is 2.48. The van der Waals surface area contributed by atoms with Crippen LogP contribution in [0.4, 0.5) is 11.4 Å². The quantitative estimate of drug-likeness (QED) is 0.109. The van der Waals surface area contributed by atoms with Crippen molar-refractivity contribution in [2.45, 2.75) is 37.0 Å². The van der Waals surface area contributed by atoms with E-state index >= 15 is 0 Å². The number of nitrogens with one attached hydrogen (secondary N) is 1. The Hall–Kier alpha value is -3.15. The highest BCUT2D eigenvalue weighted by Crippen LogP contribution is 2.44. The molecular formula is C25H31N2O11S3+. The Morgan fingerprint density at radius 2 is 1.56 bits per heavy atom. The fraction of sp³-hybridized carbons (Fsp3) is 0.360. The zero-order valence-corrected chi connectivity index (χ0v) is 24.7. The molecule has 1 heterocycles.